The summed E-state index contributed by atoms with van der Waals surface area (Å²) < 4.78 is 12.2. The third-order valence-electron chi connectivity index (χ3n) is 4.85. The zero-order chi connectivity index (χ0) is 22.7. The summed E-state index contributed by atoms with van der Waals surface area (Å²) in [6.07, 6.45) is 3.15. The highest BCUT2D eigenvalue weighted by Crippen LogP contribution is 2.31. The van der Waals surface area contributed by atoms with Crippen molar-refractivity contribution in [1.29, 1.82) is 0 Å². The van der Waals surface area contributed by atoms with Crippen LogP contribution in [0.5, 0.6) is 11.5 Å². The molecule has 9 heteroatoms. The van der Waals surface area contributed by atoms with Gasteiger partial charge in [0.25, 0.3) is 5.91 Å². The molecule has 0 aliphatic carbocycles. The SMILES string of the molecule is C=CCNC(=O)c1c(N)n(/N=C/c2cccc(OC)c2OC)c2nc3ccccc3nc12. The lowest BCUT2D eigenvalue weighted by molar-refractivity contribution is 0.0960. The van der Waals surface area contributed by atoms with Crippen LogP contribution in [0.2, 0.25) is 0 Å². The van der Waals surface area contributed by atoms with E-state index in [4.69, 9.17) is 15.2 Å². The van der Waals surface area contributed by atoms with Crippen molar-refractivity contribution in [2.75, 3.05) is 26.5 Å². The van der Waals surface area contributed by atoms with Crippen LogP contribution < -0.4 is 20.5 Å². The first-order chi connectivity index (χ1) is 15.6. The molecule has 0 aliphatic heterocycles. The van der Waals surface area contributed by atoms with E-state index in [0.717, 1.165) is 0 Å². The molecule has 4 aromatic rings. The number of anilines is 1. The number of carbonyl (C=O) groups is 1. The van der Waals surface area contributed by atoms with Gasteiger partial charge in [0.05, 0.1) is 31.5 Å². The Hall–Kier alpha value is -4.40. The fourth-order valence-electron chi connectivity index (χ4n) is 3.38. The number of nitrogens with zero attached hydrogens (tertiary/aromatic N) is 4. The Bertz CT molecular complexity index is 1360. The zero-order valence-electron chi connectivity index (χ0n) is 17.7. The van der Waals surface area contributed by atoms with E-state index in [2.05, 4.69) is 27.0 Å². The van der Waals surface area contributed by atoms with Gasteiger partial charge in [0.15, 0.2) is 17.1 Å². The molecule has 2 heterocycles. The molecule has 0 saturated heterocycles. The third-order valence-corrected chi connectivity index (χ3v) is 4.85. The number of nitrogens with two attached hydrogens (primary N) is 1. The van der Waals surface area contributed by atoms with Gasteiger partial charge in [0.2, 0.25) is 0 Å². The average Bonchev–Trinajstić information content (AvgIpc) is 3.09. The molecule has 4 rings (SSSR count). The number of hydrogen-bond donors (Lipinski definition) is 2. The molecule has 1 amide bonds. The van der Waals surface area contributed by atoms with Crippen LogP contribution in [-0.4, -0.2) is 47.5 Å². The summed E-state index contributed by atoms with van der Waals surface area (Å²) in [6.45, 7) is 3.91. The van der Waals surface area contributed by atoms with E-state index in [1.54, 1.807) is 32.6 Å². The van der Waals surface area contributed by atoms with Crippen molar-refractivity contribution >= 4 is 40.1 Å². The second-order valence-corrected chi connectivity index (χ2v) is 6.78. The molecule has 162 valence electrons. The summed E-state index contributed by atoms with van der Waals surface area (Å²) in [5.41, 5.74) is 9.27. The van der Waals surface area contributed by atoms with Gasteiger partial charge in [-0.3, -0.25) is 4.79 Å². The fraction of sp³-hybridized carbons (Fsp3) is 0.130. The minimum atomic E-state index is -0.384. The molecule has 32 heavy (non-hydrogen) atoms. The maximum Gasteiger partial charge on any atom is 0.257 e. The van der Waals surface area contributed by atoms with Gasteiger partial charge < -0.3 is 20.5 Å². The minimum Gasteiger partial charge on any atom is -0.493 e. The number of rotatable bonds is 7. The first-order valence-electron chi connectivity index (χ1n) is 9.80. The molecule has 0 saturated carbocycles. The Labute approximate surface area is 184 Å². The van der Waals surface area contributed by atoms with Gasteiger partial charge in [-0.2, -0.15) is 9.78 Å². The summed E-state index contributed by atoms with van der Waals surface area (Å²) in [7, 11) is 3.11. The van der Waals surface area contributed by atoms with Gasteiger partial charge in [0, 0.05) is 12.1 Å². The van der Waals surface area contributed by atoms with Gasteiger partial charge in [-0.05, 0) is 24.3 Å². The predicted molar refractivity (Wildman–Crippen MR) is 125 cm³/mol. The number of aromatic nitrogens is 3. The number of ether oxygens (including phenoxy) is 2. The molecule has 3 N–H and O–H groups in total. The second kappa shape index (κ2) is 8.76. The lowest BCUT2D eigenvalue weighted by atomic mass is 10.2. The van der Waals surface area contributed by atoms with Crippen molar-refractivity contribution in [3.05, 3.63) is 66.2 Å². The molecule has 0 spiro atoms. The van der Waals surface area contributed by atoms with Crippen LogP contribution in [0, 0.1) is 0 Å². The predicted octanol–water partition coefficient (Wildman–Crippen LogP) is 2.98. The molecule has 0 bridgehead atoms. The average molecular weight is 430 g/mol. The number of hydrogen-bond acceptors (Lipinski definition) is 7. The van der Waals surface area contributed by atoms with Gasteiger partial charge in [0.1, 0.15) is 16.9 Å². The Morgan fingerprint density at radius 3 is 2.59 bits per heavy atom. The summed E-state index contributed by atoms with van der Waals surface area (Å²) in [5, 5.41) is 7.25. The third kappa shape index (κ3) is 3.60. The minimum absolute atomic E-state index is 0.120. The smallest absolute Gasteiger partial charge is 0.257 e. The summed E-state index contributed by atoms with van der Waals surface area (Å²) in [4.78, 5) is 22.1. The molecule has 2 aromatic carbocycles. The largest absolute Gasteiger partial charge is 0.493 e. The standard InChI is InChI=1S/C23H22N6O3/c1-4-12-25-23(30)18-19-22(28-16-10-6-5-9-15(16)27-19)29(21(18)24)26-13-14-8-7-11-17(31-2)20(14)32-3/h4-11,13H,1,12,24H2,2-3H3,(H,25,30)/b26-13+. The highest BCUT2D eigenvalue weighted by molar-refractivity contribution is 6.10. The van der Waals surface area contributed by atoms with E-state index < -0.39 is 0 Å². The molecule has 0 aliphatic rings. The highest BCUT2D eigenvalue weighted by Gasteiger charge is 2.23. The van der Waals surface area contributed by atoms with Crippen molar-refractivity contribution < 1.29 is 14.3 Å². The van der Waals surface area contributed by atoms with Crippen molar-refractivity contribution in [2.45, 2.75) is 0 Å². The van der Waals surface area contributed by atoms with E-state index >= 15 is 0 Å². The number of para-hydroxylation sites is 3. The zero-order valence-corrected chi connectivity index (χ0v) is 17.7. The molecule has 0 fully saturated rings. The molecule has 0 radical (unpaired) electrons. The summed E-state index contributed by atoms with van der Waals surface area (Å²) >= 11 is 0. The van der Waals surface area contributed by atoms with Crippen LogP contribution in [0.4, 0.5) is 5.82 Å². The molecule has 9 nitrogen and oxygen atoms in total. The number of fused-ring (bicyclic) bond motifs is 2. The lowest BCUT2D eigenvalue weighted by Gasteiger charge is -2.09. The normalized spacial score (nSPS) is 11.2. The first-order valence-corrected chi connectivity index (χ1v) is 9.80. The van der Waals surface area contributed by atoms with Crippen LogP contribution in [0.25, 0.3) is 22.2 Å². The molecular weight excluding hydrogens is 408 g/mol. The Morgan fingerprint density at radius 2 is 1.91 bits per heavy atom. The topological polar surface area (TPSA) is 117 Å². The first kappa shape index (κ1) is 20.9. The molecular formula is C23H22N6O3. The Balaban J connectivity index is 1.92. The van der Waals surface area contributed by atoms with E-state index in [0.29, 0.717) is 39.3 Å². The van der Waals surface area contributed by atoms with Gasteiger partial charge in [-0.15, -0.1) is 6.58 Å². The maximum atomic E-state index is 12.8. The lowest BCUT2D eigenvalue weighted by Crippen LogP contribution is -2.24. The van der Waals surface area contributed by atoms with Crippen LogP contribution in [0.1, 0.15) is 15.9 Å². The van der Waals surface area contributed by atoms with Gasteiger partial charge in [-0.25, -0.2) is 9.97 Å². The number of nitrogens with one attached hydrogen (secondary N) is 1. The number of amides is 1. The van der Waals surface area contributed by atoms with E-state index in [-0.39, 0.29) is 23.8 Å². The van der Waals surface area contributed by atoms with Crippen molar-refractivity contribution in [3.8, 4) is 11.5 Å². The quantitative estimate of drug-likeness (QED) is 0.344. The second-order valence-electron chi connectivity index (χ2n) is 6.78. The highest BCUT2D eigenvalue weighted by atomic mass is 16.5. The van der Waals surface area contributed by atoms with Crippen LogP contribution >= 0.6 is 0 Å². The van der Waals surface area contributed by atoms with Crippen LogP contribution in [0.3, 0.4) is 0 Å². The van der Waals surface area contributed by atoms with E-state index in [1.807, 2.05) is 36.4 Å². The molecule has 2 aromatic heterocycles. The summed E-state index contributed by atoms with van der Waals surface area (Å²) in [6, 6.07) is 12.8. The number of carbonyl (C=O) groups excluding carboxylic acids is 1. The Morgan fingerprint density at radius 1 is 1.16 bits per heavy atom. The van der Waals surface area contributed by atoms with Crippen molar-refractivity contribution in [3.63, 3.8) is 0 Å². The number of nitrogen functional groups attached to an aromatic ring is 1. The molecule has 0 atom stereocenters. The van der Waals surface area contributed by atoms with Gasteiger partial charge >= 0.3 is 0 Å². The maximum absolute atomic E-state index is 12.8. The summed E-state index contributed by atoms with van der Waals surface area (Å²) in [5.74, 6) is 0.825. The Kier molecular flexibility index (Phi) is 5.71. The van der Waals surface area contributed by atoms with E-state index in [9.17, 15) is 4.79 Å². The van der Waals surface area contributed by atoms with Crippen molar-refractivity contribution in [2.24, 2.45) is 5.10 Å². The monoisotopic (exact) mass is 430 g/mol. The number of methoxy groups -OCH3 is 2. The molecule has 0 unspecified atom stereocenters. The fourth-order valence-corrected chi connectivity index (χ4v) is 3.38. The number of benzene rings is 2. The van der Waals surface area contributed by atoms with Crippen LogP contribution in [-0.2, 0) is 0 Å². The van der Waals surface area contributed by atoms with E-state index in [1.165, 1.54) is 4.68 Å². The van der Waals surface area contributed by atoms with Gasteiger partial charge in [-0.1, -0.05) is 24.3 Å². The van der Waals surface area contributed by atoms with Crippen molar-refractivity contribution in [1.82, 2.24) is 20.0 Å². The van der Waals surface area contributed by atoms with Crippen LogP contribution in [0.15, 0.2) is 60.2 Å².